The van der Waals surface area contributed by atoms with Gasteiger partial charge < -0.3 is 14.7 Å². The maximum absolute atomic E-state index is 13.7. The normalized spacial score (nSPS) is 18.9. The summed E-state index contributed by atoms with van der Waals surface area (Å²) in [7, 11) is 0. The van der Waals surface area contributed by atoms with Gasteiger partial charge in [0.2, 0.25) is 0 Å². The third-order valence-corrected chi connectivity index (χ3v) is 3.32. The minimum absolute atomic E-state index is 0.0382. The molecule has 0 bridgehead atoms. The van der Waals surface area contributed by atoms with Crippen molar-refractivity contribution in [3.05, 3.63) is 34.6 Å². The van der Waals surface area contributed by atoms with Crippen molar-refractivity contribution in [2.45, 2.75) is 12.5 Å². The first-order valence-electron chi connectivity index (χ1n) is 6.05. The fourth-order valence-electron chi connectivity index (χ4n) is 2.08. The van der Waals surface area contributed by atoms with E-state index >= 15 is 0 Å². The molecule has 7 heteroatoms. The number of ether oxygens (including phenoxy) is 1. The van der Waals surface area contributed by atoms with Crippen LogP contribution in [0.25, 0.3) is 0 Å². The summed E-state index contributed by atoms with van der Waals surface area (Å²) in [5.41, 5.74) is -0.190. The molecule has 1 fully saturated rings. The molecule has 1 atom stereocenters. The quantitative estimate of drug-likeness (QED) is 0.924. The minimum Gasteiger partial charge on any atom is -0.481 e. The van der Waals surface area contributed by atoms with Gasteiger partial charge in [0.15, 0.2) is 0 Å². The number of carboxylic acid groups (broad SMARTS) is 1. The number of morpholine rings is 1. The van der Waals surface area contributed by atoms with Crippen LogP contribution in [-0.4, -0.2) is 47.7 Å². The second-order valence-electron chi connectivity index (χ2n) is 4.44. The molecule has 1 aromatic carbocycles. The monoisotopic (exact) mass is 301 g/mol. The molecule has 1 aliphatic rings. The molecule has 0 saturated carbocycles. The Bertz CT molecular complexity index is 517. The standard InChI is InChI=1S/C13H13ClFNO4/c14-9-2-1-3-10(15)12(9)13(19)16-4-5-20-8(7-16)6-11(17)18/h1-3,8H,4-7H2,(H,17,18). The van der Waals surface area contributed by atoms with E-state index < -0.39 is 23.8 Å². The average Bonchev–Trinajstić information content (AvgIpc) is 2.38. The molecule has 1 saturated heterocycles. The SMILES string of the molecule is O=C(O)CC1CN(C(=O)c2c(F)cccc2Cl)CCO1. The molecule has 0 aliphatic carbocycles. The van der Waals surface area contributed by atoms with Crippen LogP contribution < -0.4 is 0 Å². The third-order valence-electron chi connectivity index (χ3n) is 3.00. The highest BCUT2D eigenvalue weighted by atomic mass is 35.5. The van der Waals surface area contributed by atoms with E-state index in [-0.39, 0.29) is 36.7 Å². The first-order chi connectivity index (χ1) is 9.49. The zero-order chi connectivity index (χ0) is 14.7. The molecule has 1 aliphatic heterocycles. The number of rotatable bonds is 3. The lowest BCUT2D eigenvalue weighted by Gasteiger charge is -2.32. The van der Waals surface area contributed by atoms with Crippen molar-refractivity contribution < 1.29 is 23.8 Å². The van der Waals surface area contributed by atoms with Crippen LogP contribution in [0.15, 0.2) is 18.2 Å². The summed E-state index contributed by atoms with van der Waals surface area (Å²) in [6.45, 7) is 0.602. The van der Waals surface area contributed by atoms with E-state index in [4.69, 9.17) is 21.4 Å². The first-order valence-corrected chi connectivity index (χ1v) is 6.43. The molecule has 0 radical (unpaired) electrons. The van der Waals surface area contributed by atoms with E-state index in [1.165, 1.54) is 17.0 Å². The summed E-state index contributed by atoms with van der Waals surface area (Å²) in [6, 6.07) is 4.02. The first kappa shape index (κ1) is 14.7. The Morgan fingerprint density at radius 3 is 2.90 bits per heavy atom. The molecule has 0 aromatic heterocycles. The Morgan fingerprint density at radius 1 is 1.50 bits per heavy atom. The second kappa shape index (κ2) is 6.19. The molecule has 1 heterocycles. The predicted molar refractivity (Wildman–Crippen MR) is 69.3 cm³/mol. The smallest absolute Gasteiger partial charge is 0.306 e. The van der Waals surface area contributed by atoms with Crippen molar-refractivity contribution in [1.29, 1.82) is 0 Å². The van der Waals surface area contributed by atoms with Crippen molar-refractivity contribution in [3.63, 3.8) is 0 Å². The number of benzene rings is 1. The van der Waals surface area contributed by atoms with Gasteiger partial charge in [-0.15, -0.1) is 0 Å². The molecule has 20 heavy (non-hydrogen) atoms. The molecule has 108 valence electrons. The number of nitrogens with zero attached hydrogens (tertiary/aromatic N) is 1. The highest BCUT2D eigenvalue weighted by Crippen LogP contribution is 2.22. The van der Waals surface area contributed by atoms with Crippen molar-refractivity contribution >= 4 is 23.5 Å². The van der Waals surface area contributed by atoms with Crippen LogP contribution in [0.5, 0.6) is 0 Å². The summed E-state index contributed by atoms with van der Waals surface area (Å²) in [6.07, 6.45) is -0.787. The van der Waals surface area contributed by atoms with Gasteiger partial charge in [-0.3, -0.25) is 9.59 Å². The fourth-order valence-corrected chi connectivity index (χ4v) is 2.33. The lowest BCUT2D eigenvalue weighted by molar-refractivity contribution is -0.141. The molecule has 1 amide bonds. The van der Waals surface area contributed by atoms with Crippen LogP contribution in [0.1, 0.15) is 16.8 Å². The molecule has 1 unspecified atom stereocenters. The fraction of sp³-hybridized carbons (Fsp3) is 0.385. The van der Waals surface area contributed by atoms with Gasteiger partial charge in [0, 0.05) is 13.1 Å². The van der Waals surface area contributed by atoms with Gasteiger partial charge in [-0.25, -0.2) is 4.39 Å². The number of carbonyl (C=O) groups excluding carboxylic acids is 1. The van der Waals surface area contributed by atoms with Gasteiger partial charge in [-0.2, -0.15) is 0 Å². The van der Waals surface area contributed by atoms with Gasteiger partial charge in [0.25, 0.3) is 5.91 Å². The summed E-state index contributed by atoms with van der Waals surface area (Å²) in [5.74, 6) is -2.25. The maximum Gasteiger partial charge on any atom is 0.306 e. The maximum atomic E-state index is 13.7. The molecular formula is C13H13ClFNO4. The zero-order valence-electron chi connectivity index (χ0n) is 10.5. The predicted octanol–water partition coefficient (Wildman–Crippen LogP) is 1.79. The van der Waals surface area contributed by atoms with Gasteiger partial charge >= 0.3 is 5.97 Å². The summed E-state index contributed by atoms with van der Waals surface area (Å²) < 4.78 is 19.0. The Morgan fingerprint density at radius 2 is 2.25 bits per heavy atom. The van der Waals surface area contributed by atoms with E-state index in [0.29, 0.717) is 0 Å². The lowest BCUT2D eigenvalue weighted by Crippen LogP contribution is -2.46. The Hall–Kier alpha value is -1.66. The molecule has 2 rings (SSSR count). The number of halogens is 2. The second-order valence-corrected chi connectivity index (χ2v) is 4.85. The Kier molecular flexibility index (Phi) is 4.57. The molecule has 5 nitrogen and oxygen atoms in total. The van der Waals surface area contributed by atoms with Crippen LogP contribution in [0.3, 0.4) is 0 Å². The Labute approximate surface area is 119 Å². The van der Waals surface area contributed by atoms with Crippen LogP contribution in [0.4, 0.5) is 4.39 Å². The molecule has 0 spiro atoms. The van der Waals surface area contributed by atoms with E-state index in [1.807, 2.05) is 0 Å². The van der Waals surface area contributed by atoms with Crippen molar-refractivity contribution in [3.8, 4) is 0 Å². The average molecular weight is 302 g/mol. The van der Waals surface area contributed by atoms with Crippen LogP contribution in [0.2, 0.25) is 5.02 Å². The minimum atomic E-state index is -1.01. The van der Waals surface area contributed by atoms with Crippen LogP contribution >= 0.6 is 11.6 Å². The van der Waals surface area contributed by atoms with Crippen LogP contribution in [-0.2, 0) is 9.53 Å². The lowest BCUT2D eigenvalue weighted by atomic mass is 10.1. The highest BCUT2D eigenvalue weighted by Gasteiger charge is 2.29. The van der Waals surface area contributed by atoms with E-state index in [0.717, 1.165) is 6.07 Å². The van der Waals surface area contributed by atoms with Crippen LogP contribution in [0, 0.1) is 5.82 Å². The Balaban J connectivity index is 2.14. The number of carbonyl (C=O) groups is 2. The molecule has 1 aromatic rings. The number of aliphatic carboxylic acids is 1. The topological polar surface area (TPSA) is 66.8 Å². The van der Waals surface area contributed by atoms with Gasteiger partial charge in [0.1, 0.15) is 5.82 Å². The van der Waals surface area contributed by atoms with E-state index in [1.54, 1.807) is 0 Å². The molecular weight excluding hydrogens is 289 g/mol. The zero-order valence-corrected chi connectivity index (χ0v) is 11.3. The van der Waals surface area contributed by atoms with Crippen molar-refractivity contribution in [2.24, 2.45) is 0 Å². The summed E-state index contributed by atoms with van der Waals surface area (Å²) >= 11 is 5.85. The summed E-state index contributed by atoms with van der Waals surface area (Å²) in [5, 5.41) is 8.77. The van der Waals surface area contributed by atoms with Crippen molar-refractivity contribution in [2.75, 3.05) is 19.7 Å². The van der Waals surface area contributed by atoms with E-state index in [9.17, 15) is 14.0 Å². The number of carboxylic acids is 1. The molecule has 1 N–H and O–H groups in total. The highest BCUT2D eigenvalue weighted by molar-refractivity contribution is 6.33. The van der Waals surface area contributed by atoms with Gasteiger partial charge in [-0.05, 0) is 12.1 Å². The number of amides is 1. The largest absolute Gasteiger partial charge is 0.481 e. The third kappa shape index (κ3) is 3.26. The van der Waals surface area contributed by atoms with E-state index in [2.05, 4.69) is 0 Å². The van der Waals surface area contributed by atoms with Crippen molar-refractivity contribution in [1.82, 2.24) is 4.90 Å². The van der Waals surface area contributed by atoms with Gasteiger partial charge in [-0.1, -0.05) is 17.7 Å². The number of hydrogen-bond donors (Lipinski definition) is 1. The number of hydrogen-bond acceptors (Lipinski definition) is 3. The van der Waals surface area contributed by atoms with Gasteiger partial charge in [0.05, 0.1) is 29.7 Å². The summed E-state index contributed by atoms with van der Waals surface area (Å²) in [4.78, 5) is 24.3.